The number of benzene rings is 1. The van der Waals surface area contributed by atoms with Crippen molar-refractivity contribution in [3.8, 4) is 0 Å². The Bertz CT molecular complexity index is 679. The van der Waals surface area contributed by atoms with Crippen LogP contribution < -0.4 is 5.32 Å². The standard InChI is InChI=1S/C16H18N2O2S/c1-9(2)10-4-3-5-11(8-10)17-16-18-14-12(15(19)20)6-7-13(14)21-16/h3-5,8-9,12H,6-7H2,1-2H3,(H,17,18)(H,19,20). The zero-order valence-corrected chi connectivity index (χ0v) is 12.9. The number of thiazole rings is 1. The highest BCUT2D eigenvalue weighted by Gasteiger charge is 2.32. The number of nitrogens with zero attached hydrogens (tertiary/aromatic N) is 1. The summed E-state index contributed by atoms with van der Waals surface area (Å²) in [5.74, 6) is -0.731. The van der Waals surface area contributed by atoms with Crippen molar-refractivity contribution in [3.05, 3.63) is 40.4 Å². The van der Waals surface area contributed by atoms with E-state index >= 15 is 0 Å². The predicted octanol–water partition coefficient (Wildman–Crippen LogP) is 4.12. The summed E-state index contributed by atoms with van der Waals surface area (Å²) >= 11 is 1.57. The summed E-state index contributed by atoms with van der Waals surface area (Å²) in [5.41, 5.74) is 3.02. The van der Waals surface area contributed by atoms with Crippen molar-refractivity contribution in [1.82, 2.24) is 4.98 Å². The second-order valence-corrected chi connectivity index (χ2v) is 6.75. The van der Waals surface area contributed by atoms with Gasteiger partial charge in [-0.3, -0.25) is 4.79 Å². The number of carboxylic acids is 1. The molecule has 1 unspecified atom stereocenters. The van der Waals surface area contributed by atoms with Crippen molar-refractivity contribution in [2.45, 2.75) is 38.5 Å². The van der Waals surface area contributed by atoms with Crippen molar-refractivity contribution in [2.24, 2.45) is 0 Å². The van der Waals surface area contributed by atoms with Crippen LogP contribution in [-0.4, -0.2) is 16.1 Å². The highest BCUT2D eigenvalue weighted by molar-refractivity contribution is 7.15. The summed E-state index contributed by atoms with van der Waals surface area (Å²) in [4.78, 5) is 16.8. The summed E-state index contributed by atoms with van der Waals surface area (Å²) in [7, 11) is 0. The molecule has 1 heterocycles. The van der Waals surface area contributed by atoms with E-state index in [9.17, 15) is 9.90 Å². The Morgan fingerprint density at radius 3 is 3.00 bits per heavy atom. The molecule has 110 valence electrons. The quantitative estimate of drug-likeness (QED) is 0.891. The molecule has 21 heavy (non-hydrogen) atoms. The normalized spacial score (nSPS) is 17.0. The number of hydrogen-bond donors (Lipinski definition) is 2. The number of hydrogen-bond acceptors (Lipinski definition) is 4. The van der Waals surface area contributed by atoms with Crippen LogP contribution in [0.15, 0.2) is 24.3 Å². The first kappa shape index (κ1) is 14.1. The van der Waals surface area contributed by atoms with Gasteiger partial charge in [0.25, 0.3) is 0 Å². The third-order valence-corrected chi connectivity index (χ3v) is 4.87. The van der Waals surface area contributed by atoms with Gasteiger partial charge >= 0.3 is 5.97 Å². The number of fused-ring (bicyclic) bond motifs is 1. The maximum absolute atomic E-state index is 11.2. The number of rotatable bonds is 4. The minimum atomic E-state index is -0.771. The van der Waals surface area contributed by atoms with Crippen molar-refractivity contribution < 1.29 is 9.90 Å². The molecule has 4 nitrogen and oxygen atoms in total. The van der Waals surface area contributed by atoms with Crippen LogP contribution in [0, 0.1) is 0 Å². The topological polar surface area (TPSA) is 62.2 Å². The minimum Gasteiger partial charge on any atom is -0.481 e. The van der Waals surface area contributed by atoms with Crippen molar-refractivity contribution in [1.29, 1.82) is 0 Å². The van der Waals surface area contributed by atoms with Crippen LogP contribution >= 0.6 is 11.3 Å². The van der Waals surface area contributed by atoms with E-state index in [1.54, 1.807) is 11.3 Å². The second-order valence-electron chi connectivity index (χ2n) is 5.66. The zero-order valence-electron chi connectivity index (χ0n) is 12.1. The van der Waals surface area contributed by atoms with E-state index in [0.717, 1.165) is 27.8 Å². The molecule has 3 rings (SSSR count). The Hall–Kier alpha value is -1.88. The van der Waals surface area contributed by atoms with Gasteiger partial charge in [0.05, 0.1) is 5.69 Å². The van der Waals surface area contributed by atoms with E-state index in [4.69, 9.17) is 0 Å². The predicted molar refractivity (Wildman–Crippen MR) is 84.6 cm³/mol. The SMILES string of the molecule is CC(C)c1cccc(Nc2nc3c(s2)CCC3C(=O)O)c1. The molecule has 5 heteroatoms. The van der Waals surface area contributed by atoms with Gasteiger partial charge < -0.3 is 10.4 Å². The molecular formula is C16H18N2O2S. The van der Waals surface area contributed by atoms with Gasteiger partial charge in [0, 0.05) is 10.6 Å². The molecule has 1 aliphatic carbocycles. The molecule has 2 N–H and O–H groups in total. The van der Waals surface area contributed by atoms with E-state index in [-0.39, 0.29) is 0 Å². The van der Waals surface area contributed by atoms with Crippen molar-refractivity contribution in [3.63, 3.8) is 0 Å². The smallest absolute Gasteiger partial charge is 0.312 e. The summed E-state index contributed by atoms with van der Waals surface area (Å²) < 4.78 is 0. The lowest BCUT2D eigenvalue weighted by Crippen LogP contribution is -2.08. The lowest BCUT2D eigenvalue weighted by molar-refractivity contribution is -0.138. The van der Waals surface area contributed by atoms with Crippen LogP contribution in [0.4, 0.5) is 10.8 Å². The number of carbonyl (C=O) groups is 1. The van der Waals surface area contributed by atoms with Crippen LogP contribution in [0.25, 0.3) is 0 Å². The third kappa shape index (κ3) is 2.78. The molecule has 1 aromatic carbocycles. The number of aromatic nitrogens is 1. The Kier molecular flexibility index (Phi) is 3.68. The molecule has 1 aliphatic rings. The number of nitrogens with one attached hydrogen (secondary N) is 1. The fourth-order valence-corrected chi connectivity index (χ4v) is 3.68. The fourth-order valence-electron chi connectivity index (χ4n) is 2.62. The summed E-state index contributed by atoms with van der Waals surface area (Å²) in [6.07, 6.45) is 1.49. The van der Waals surface area contributed by atoms with Crippen LogP contribution in [0.2, 0.25) is 0 Å². The average molecular weight is 302 g/mol. The van der Waals surface area contributed by atoms with Gasteiger partial charge in [0.15, 0.2) is 5.13 Å². The Labute approximate surface area is 127 Å². The van der Waals surface area contributed by atoms with Crippen LogP contribution in [0.3, 0.4) is 0 Å². The molecule has 0 fully saturated rings. The maximum atomic E-state index is 11.2. The van der Waals surface area contributed by atoms with Gasteiger partial charge in [-0.25, -0.2) is 4.98 Å². The number of aliphatic carboxylic acids is 1. The first-order valence-electron chi connectivity index (χ1n) is 7.14. The van der Waals surface area contributed by atoms with Crippen molar-refractivity contribution in [2.75, 3.05) is 5.32 Å². The number of aryl methyl sites for hydroxylation is 1. The largest absolute Gasteiger partial charge is 0.481 e. The lowest BCUT2D eigenvalue weighted by atomic mass is 10.0. The number of carboxylic acid groups (broad SMARTS) is 1. The summed E-state index contributed by atoms with van der Waals surface area (Å²) in [6.45, 7) is 4.32. The molecule has 0 aliphatic heterocycles. The molecule has 0 radical (unpaired) electrons. The lowest BCUT2D eigenvalue weighted by Gasteiger charge is -2.08. The number of anilines is 2. The van der Waals surface area contributed by atoms with E-state index in [1.165, 1.54) is 5.56 Å². The summed E-state index contributed by atoms with van der Waals surface area (Å²) in [5, 5.41) is 13.3. The van der Waals surface area contributed by atoms with Crippen LogP contribution in [0.5, 0.6) is 0 Å². The molecule has 2 aromatic rings. The van der Waals surface area contributed by atoms with Gasteiger partial charge in [0.1, 0.15) is 5.92 Å². The monoisotopic (exact) mass is 302 g/mol. The van der Waals surface area contributed by atoms with Crippen LogP contribution in [-0.2, 0) is 11.2 Å². The highest BCUT2D eigenvalue weighted by Crippen LogP contribution is 2.39. The molecule has 0 bridgehead atoms. The van der Waals surface area contributed by atoms with E-state index in [1.807, 2.05) is 12.1 Å². The molecular weight excluding hydrogens is 284 g/mol. The highest BCUT2D eigenvalue weighted by atomic mass is 32.1. The first-order valence-corrected chi connectivity index (χ1v) is 7.95. The van der Waals surface area contributed by atoms with Gasteiger partial charge in [-0.2, -0.15) is 0 Å². The molecule has 1 aromatic heterocycles. The Morgan fingerprint density at radius 1 is 1.48 bits per heavy atom. The fraction of sp³-hybridized carbons (Fsp3) is 0.375. The van der Waals surface area contributed by atoms with Gasteiger partial charge in [-0.1, -0.05) is 26.0 Å². The second kappa shape index (κ2) is 5.48. The molecule has 1 atom stereocenters. The Balaban J connectivity index is 1.82. The minimum absolute atomic E-state index is 0.436. The molecule has 0 amide bonds. The zero-order chi connectivity index (χ0) is 15.0. The van der Waals surface area contributed by atoms with E-state index in [2.05, 4.69) is 36.3 Å². The first-order chi connectivity index (χ1) is 10.0. The maximum Gasteiger partial charge on any atom is 0.312 e. The summed E-state index contributed by atoms with van der Waals surface area (Å²) in [6, 6.07) is 8.26. The molecule has 0 saturated carbocycles. The Morgan fingerprint density at radius 2 is 2.29 bits per heavy atom. The van der Waals surface area contributed by atoms with Crippen LogP contribution in [0.1, 0.15) is 48.2 Å². The van der Waals surface area contributed by atoms with E-state index in [0.29, 0.717) is 12.3 Å². The van der Waals surface area contributed by atoms with Gasteiger partial charge in [-0.05, 0) is 36.5 Å². The van der Waals surface area contributed by atoms with Gasteiger partial charge in [0.2, 0.25) is 0 Å². The third-order valence-electron chi connectivity index (χ3n) is 3.82. The van der Waals surface area contributed by atoms with Gasteiger partial charge in [-0.15, -0.1) is 11.3 Å². The average Bonchev–Trinajstić information content (AvgIpc) is 2.98. The van der Waals surface area contributed by atoms with Crippen molar-refractivity contribution >= 4 is 28.1 Å². The molecule has 0 saturated heterocycles. The molecule has 0 spiro atoms. The van der Waals surface area contributed by atoms with E-state index < -0.39 is 11.9 Å².